The van der Waals surface area contributed by atoms with Crippen LogP contribution in [0.3, 0.4) is 0 Å². The second-order valence-corrected chi connectivity index (χ2v) is 11.6. The van der Waals surface area contributed by atoms with Gasteiger partial charge in [0.2, 0.25) is 0 Å². The Hall–Kier alpha value is -5.03. The Morgan fingerprint density at radius 1 is 0.795 bits per heavy atom. The lowest BCUT2D eigenvalue weighted by Gasteiger charge is -2.17. The number of aryl methyl sites for hydroxylation is 2. The zero-order valence-electron chi connectivity index (χ0n) is 25.4. The van der Waals surface area contributed by atoms with Gasteiger partial charge in [0, 0.05) is 16.3 Å². The lowest BCUT2D eigenvalue weighted by Crippen LogP contribution is -2.04. The van der Waals surface area contributed by atoms with Crippen molar-refractivity contribution in [2.45, 2.75) is 46.1 Å². The number of carboxylic acids is 1. The van der Waals surface area contributed by atoms with Crippen LogP contribution in [0.2, 0.25) is 0 Å². The maximum absolute atomic E-state index is 12.4. The highest BCUT2D eigenvalue weighted by Gasteiger charge is 2.20. The van der Waals surface area contributed by atoms with Crippen LogP contribution in [0.1, 0.15) is 58.9 Å². The molecule has 1 heterocycles. The zero-order chi connectivity index (χ0) is 30.6. The second-order valence-electron chi connectivity index (χ2n) is 11.6. The molecule has 0 fully saturated rings. The molecule has 0 aliphatic rings. The van der Waals surface area contributed by atoms with E-state index in [4.69, 9.17) is 9.47 Å². The summed E-state index contributed by atoms with van der Waals surface area (Å²) >= 11 is 0. The van der Waals surface area contributed by atoms with Gasteiger partial charge in [0.1, 0.15) is 23.8 Å². The molecule has 0 saturated heterocycles. The summed E-state index contributed by atoms with van der Waals surface area (Å²) in [4.78, 5) is 15.7. The van der Waals surface area contributed by atoms with Crippen molar-refractivity contribution in [3.05, 3.63) is 131 Å². The fourth-order valence-corrected chi connectivity index (χ4v) is 6.00. The second kappa shape index (κ2) is 12.7. The van der Waals surface area contributed by atoms with Crippen LogP contribution in [-0.2, 0) is 13.0 Å². The SMILES string of the molecule is Cc1ccc(C(C)C)c(OCc2ccccc2-c2cccc3c(CCCOc4cccc5ccccc45)c(C(=O)O)[nH]c23)c1. The van der Waals surface area contributed by atoms with Gasteiger partial charge in [-0.3, -0.25) is 0 Å². The van der Waals surface area contributed by atoms with Crippen molar-refractivity contribution in [2.75, 3.05) is 6.61 Å². The molecule has 0 aliphatic carbocycles. The number of carboxylic acid groups (broad SMARTS) is 1. The molecule has 5 nitrogen and oxygen atoms in total. The van der Waals surface area contributed by atoms with Gasteiger partial charge in [-0.05, 0) is 71.0 Å². The topological polar surface area (TPSA) is 71.6 Å². The zero-order valence-corrected chi connectivity index (χ0v) is 25.4. The standard InChI is InChI=1S/C39H37NO4/c1-25(2)29-21-20-26(3)23-36(29)44-24-28-12-5-6-14-30(28)32-16-9-17-33-34(38(39(41)42)40-37(32)33)18-10-22-43-35-19-8-13-27-11-4-7-15-31(27)35/h4-9,11-17,19-21,23,25,40H,10,18,22,24H2,1-3H3,(H,41,42). The summed E-state index contributed by atoms with van der Waals surface area (Å²) in [5, 5.41) is 13.3. The fraction of sp³-hybridized carbons (Fsp3) is 0.205. The lowest BCUT2D eigenvalue weighted by molar-refractivity contribution is 0.0690. The Bertz CT molecular complexity index is 1950. The summed E-state index contributed by atoms with van der Waals surface area (Å²) in [7, 11) is 0. The molecule has 0 bridgehead atoms. The number of carbonyl (C=O) groups is 1. The van der Waals surface area contributed by atoms with E-state index >= 15 is 0 Å². The van der Waals surface area contributed by atoms with E-state index in [0.717, 1.165) is 61.0 Å². The van der Waals surface area contributed by atoms with Gasteiger partial charge >= 0.3 is 5.97 Å². The van der Waals surface area contributed by atoms with Crippen molar-refractivity contribution in [3.63, 3.8) is 0 Å². The first-order valence-corrected chi connectivity index (χ1v) is 15.2. The van der Waals surface area contributed by atoms with E-state index in [2.05, 4.69) is 74.3 Å². The molecular formula is C39H37NO4. The largest absolute Gasteiger partial charge is 0.493 e. The summed E-state index contributed by atoms with van der Waals surface area (Å²) < 4.78 is 12.6. The van der Waals surface area contributed by atoms with Crippen molar-refractivity contribution in [3.8, 4) is 22.6 Å². The molecule has 5 heteroatoms. The number of para-hydroxylation sites is 1. The Labute approximate surface area is 258 Å². The van der Waals surface area contributed by atoms with Crippen molar-refractivity contribution in [1.82, 2.24) is 4.98 Å². The molecule has 2 N–H and O–H groups in total. The summed E-state index contributed by atoms with van der Waals surface area (Å²) in [5.41, 5.74) is 7.19. The van der Waals surface area contributed by atoms with E-state index in [1.165, 1.54) is 5.56 Å². The number of hydrogen-bond acceptors (Lipinski definition) is 3. The minimum absolute atomic E-state index is 0.229. The molecule has 1 aromatic heterocycles. The normalized spacial score (nSPS) is 11.4. The third-order valence-electron chi connectivity index (χ3n) is 8.22. The molecule has 0 atom stereocenters. The quantitative estimate of drug-likeness (QED) is 0.149. The van der Waals surface area contributed by atoms with Crippen LogP contribution in [-0.4, -0.2) is 22.7 Å². The number of benzene rings is 5. The molecule has 5 aromatic carbocycles. The molecule has 0 radical (unpaired) electrons. The van der Waals surface area contributed by atoms with E-state index in [-0.39, 0.29) is 5.69 Å². The van der Waals surface area contributed by atoms with E-state index < -0.39 is 5.97 Å². The number of rotatable bonds is 11. The van der Waals surface area contributed by atoms with Crippen molar-refractivity contribution < 1.29 is 19.4 Å². The maximum atomic E-state index is 12.4. The highest BCUT2D eigenvalue weighted by molar-refractivity contribution is 6.03. The number of ether oxygens (including phenoxy) is 2. The summed E-state index contributed by atoms with van der Waals surface area (Å²) in [6.07, 6.45) is 1.26. The number of H-pyrrole nitrogens is 1. The van der Waals surface area contributed by atoms with Gasteiger partial charge in [0.05, 0.1) is 12.1 Å². The third kappa shape index (κ3) is 5.91. The number of aromatic nitrogens is 1. The van der Waals surface area contributed by atoms with Crippen molar-refractivity contribution in [2.24, 2.45) is 0 Å². The van der Waals surface area contributed by atoms with Crippen LogP contribution in [0.5, 0.6) is 11.5 Å². The molecule has 0 saturated carbocycles. The molecule has 0 aliphatic heterocycles. The van der Waals surface area contributed by atoms with Crippen LogP contribution < -0.4 is 9.47 Å². The molecule has 222 valence electrons. The first-order chi connectivity index (χ1) is 21.4. The van der Waals surface area contributed by atoms with Gasteiger partial charge < -0.3 is 19.6 Å². The average molecular weight is 584 g/mol. The summed E-state index contributed by atoms with van der Waals surface area (Å²) in [6, 6.07) is 34.8. The van der Waals surface area contributed by atoms with E-state index in [9.17, 15) is 9.90 Å². The van der Waals surface area contributed by atoms with Gasteiger partial charge in [-0.2, -0.15) is 0 Å². The Morgan fingerprint density at radius 2 is 1.52 bits per heavy atom. The molecule has 0 spiro atoms. The van der Waals surface area contributed by atoms with Gasteiger partial charge in [-0.1, -0.05) is 105 Å². The van der Waals surface area contributed by atoms with E-state index in [1.54, 1.807) is 0 Å². The number of hydrogen-bond donors (Lipinski definition) is 2. The van der Waals surface area contributed by atoms with Gasteiger partial charge in [-0.25, -0.2) is 4.79 Å². The van der Waals surface area contributed by atoms with Crippen molar-refractivity contribution in [1.29, 1.82) is 0 Å². The Kier molecular flexibility index (Phi) is 8.38. The van der Waals surface area contributed by atoms with Crippen LogP contribution in [0.4, 0.5) is 0 Å². The highest BCUT2D eigenvalue weighted by atomic mass is 16.5. The Balaban J connectivity index is 1.27. The smallest absolute Gasteiger partial charge is 0.352 e. The number of fused-ring (bicyclic) bond motifs is 2. The first kappa shape index (κ1) is 29.1. The minimum Gasteiger partial charge on any atom is -0.493 e. The molecule has 6 rings (SSSR count). The number of aromatic carboxylic acids is 1. The summed E-state index contributed by atoms with van der Waals surface area (Å²) in [6.45, 7) is 7.30. The fourth-order valence-electron chi connectivity index (χ4n) is 6.00. The molecular weight excluding hydrogens is 546 g/mol. The van der Waals surface area contributed by atoms with Gasteiger partial charge in [-0.15, -0.1) is 0 Å². The van der Waals surface area contributed by atoms with Crippen LogP contribution in [0.15, 0.2) is 103 Å². The molecule has 6 aromatic rings. The summed E-state index contributed by atoms with van der Waals surface area (Å²) in [5.74, 6) is 1.12. The maximum Gasteiger partial charge on any atom is 0.352 e. The van der Waals surface area contributed by atoms with Gasteiger partial charge in [0.15, 0.2) is 0 Å². The number of nitrogens with one attached hydrogen (secondary N) is 1. The average Bonchev–Trinajstić information content (AvgIpc) is 3.41. The van der Waals surface area contributed by atoms with Crippen LogP contribution in [0, 0.1) is 6.92 Å². The molecule has 0 unspecified atom stereocenters. The lowest BCUT2D eigenvalue weighted by atomic mass is 9.96. The van der Waals surface area contributed by atoms with Gasteiger partial charge in [0.25, 0.3) is 0 Å². The van der Waals surface area contributed by atoms with Crippen LogP contribution >= 0.6 is 0 Å². The van der Waals surface area contributed by atoms with E-state index in [1.807, 2.05) is 54.6 Å². The predicted molar refractivity (Wildman–Crippen MR) is 178 cm³/mol. The molecule has 44 heavy (non-hydrogen) atoms. The van der Waals surface area contributed by atoms with E-state index in [0.29, 0.717) is 32.0 Å². The molecule has 0 amide bonds. The predicted octanol–water partition coefficient (Wildman–Crippen LogP) is 9.71. The number of aromatic amines is 1. The third-order valence-corrected chi connectivity index (χ3v) is 8.22. The first-order valence-electron chi connectivity index (χ1n) is 15.2. The van der Waals surface area contributed by atoms with Crippen LogP contribution in [0.25, 0.3) is 32.8 Å². The monoisotopic (exact) mass is 583 g/mol. The Morgan fingerprint density at radius 3 is 2.36 bits per heavy atom. The minimum atomic E-state index is -0.964. The highest BCUT2D eigenvalue weighted by Crippen LogP contribution is 2.36. The van der Waals surface area contributed by atoms with Crippen molar-refractivity contribution >= 4 is 27.6 Å².